The van der Waals surface area contributed by atoms with Crippen LogP contribution in [0, 0.1) is 5.92 Å². The number of amides is 3. The molecule has 10 nitrogen and oxygen atoms in total. The summed E-state index contributed by atoms with van der Waals surface area (Å²) in [5.41, 5.74) is 6.82. The molecule has 2 unspecified atom stereocenters. The summed E-state index contributed by atoms with van der Waals surface area (Å²) in [6, 6.07) is 5.65. The van der Waals surface area contributed by atoms with Crippen LogP contribution in [0.15, 0.2) is 42.9 Å². The predicted octanol–water partition coefficient (Wildman–Crippen LogP) is 0.564. The minimum absolute atomic E-state index is 0.0243. The third kappa shape index (κ3) is 6.75. The first kappa shape index (κ1) is 23.7. The fourth-order valence-corrected chi connectivity index (χ4v) is 3.04. The van der Waals surface area contributed by atoms with Gasteiger partial charge in [0.25, 0.3) is 5.91 Å². The number of aromatic nitrogens is 2. The molecule has 0 saturated heterocycles. The molecule has 10 heteroatoms. The van der Waals surface area contributed by atoms with Gasteiger partial charge in [0, 0.05) is 18.2 Å². The van der Waals surface area contributed by atoms with Crippen LogP contribution in [-0.4, -0.2) is 62.3 Å². The van der Waals surface area contributed by atoms with Crippen LogP contribution in [0.5, 0.6) is 0 Å². The van der Waals surface area contributed by atoms with Crippen LogP contribution in [0.2, 0.25) is 0 Å². The van der Waals surface area contributed by atoms with E-state index >= 15 is 0 Å². The highest BCUT2D eigenvalue weighted by molar-refractivity contribution is 6.04. The Morgan fingerprint density at radius 1 is 1.19 bits per heavy atom. The second-order valence-electron chi connectivity index (χ2n) is 7.51. The van der Waals surface area contributed by atoms with Crippen LogP contribution in [0.1, 0.15) is 36.3 Å². The number of carbonyl (C=O) groups is 4. The third-order valence-electron chi connectivity index (χ3n) is 4.53. The lowest BCUT2D eigenvalue weighted by Crippen LogP contribution is -2.57. The lowest BCUT2D eigenvalue weighted by molar-refractivity contribution is -0.159. The number of imidazole rings is 1. The Morgan fingerprint density at radius 2 is 1.87 bits per heavy atom. The molecule has 0 spiro atoms. The molecule has 0 saturated carbocycles. The van der Waals surface area contributed by atoms with E-state index in [-0.39, 0.29) is 18.8 Å². The Morgan fingerprint density at radius 3 is 2.42 bits per heavy atom. The minimum Gasteiger partial charge on any atom is -0.480 e. The van der Waals surface area contributed by atoms with Crippen molar-refractivity contribution in [2.75, 3.05) is 6.54 Å². The van der Waals surface area contributed by atoms with E-state index in [1.807, 2.05) is 0 Å². The number of benzene rings is 1. The quantitative estimate of drug-likeness (QED) is 0.429. The number of nitrogens with two attached hydrogens (primary N) is 1. The standard InChI is InChI=1S/C21H27N5O5/c1-13(2)8-17(21(30)31)26(20(29)16(22)9-15-10-23-12-25-15)18(27)11-24-19(28)14-6-4-3-5-7-14/h3-7,10,12-13,16-17H,8-9,11,22H2,1-2H3,(H,23,25)(H,24,28)(H,30,31). The van der Waals surface area contributed by atoms with Gasteiger partial charge in [0.1, 0.15) is 6.04 Å². The van der Waals surface area contributed by atoms with Gasteiger partial charge in [0.05, 0.1) is 24.6 Å². The topological polar surface area (TPSA) is 158 Å². The highest BCUT2D eigenvalue weighted by Gasteiger charge is 2.37. The van der Waals surface area contributed by atoms with Gasteiger partial charge in [0.15, 0.2) is 0 Å². The van der Waals surface area contributed by atoms with Gasteiger partial charge >= 0.3 is 5.97 Å². The van der Waals surface area contributed by atoms with Crippen molar-refractivity contribution in [3.05, 3.63) is 54.1 Å². The smallest absolute Gasteiger partial charge is 0.326 e. The Balaban J connectivity index is 2.20. The maximum Gasteiger partial charge on any atom is 0.326 e. The first-order chi connectivity index (χ1) is 14.7. The van der Waals surface area contributed by atoms with Crippen molar-refractivity contribution in [1.29, 1.82) is 0 Å². The third-order valence-corrected chi connectivity index (χ3v) is 4.53. The zero-order chi connectivity index (χ0) is 23.0. The Kier molecular flexibility index (Phi) is 8.44. The summed E-state index contributed by atoms with van der Waals surface area (Å²) in [6.45, 7) is 3.02. The molecule has 2 aromatic rings. The van der Waals surface area contributed by atoms with Crippen molar-refractivity contribution in [3.8, 4) is 0 Å². The summed E-state index contributed by atoms with van der Waals surface area (Å²) < 4.78 is 0. The first-order valence-electron chi connectivity index (χ1n) is 9.85. The minimum atomic E-state index is -1.40. The zero-order valence-electron chi connectivity index (χ0n) is 17.4. The van der Waals surface area contributed by atoms with Gasteiger partial charge in [-0.2, -0.15) is 0 Å². The van der Waals surface area contributed by atoms with Crippen LogP contribution in [-0.2, 0) is 20.8 Å². The van der Waals surface area contributed by atoms with Crippen molar-refractivity contribution >= 4 is 23.7 Å². The number of hydrogen-bond acceptors (Lipinski definition) is 6. The lowest BCUT2D eigenvalue weighted by atomic mass is 10.0. The molecule has 0 aliphatic carbocycles. The molecule has 5 N–H and O–H groups in total. The van der Waals surface area contributed by atoms with E-state index in [1.165, 1.54) is 6.33 Å². The van der Waals surface area contributed by atoms with Crippen molar-refractivity contribution in [2.24, 2.45) is 11.7 Å². The number of H-pyrrole nitrogens is 1. The monoisotopic (exact) mass is 429 g/mol. The molecular weight excluding hydrogens is 402 g/mol. The van der Waals surface area contributed by atoms with E-state index in [9.17, 15) is 24.3 Å². The number of aromatic amines is 1. The predicted molar refractivity (Wildman–Crippen MR) is 112 cm³/mol. The Hall–Kier alpha value is -3.53. The highest BCUT2D eigenvalue weighted by atomic mass is 16.4. The van der Waals surface area contributed by atoms with Crippen LogP contribution < -0.4 is 11.1 Å². The number of hydrogen-bond donors (Lipinski definition) is 4. The van der Waals surface area contributed by atoms with Gasteiger partial charge in [-0.05, 0) is 24.5 Å². The van der Waals surface area contributed by atoms with E-state index in [4.69, 9.17) is 5.73 Å². The van der Waals surface area contributed by atoms with Gasteiger partial charge in [-0.25, -0.2) is 9.78 Å². The number of aliphatic carboxylic acids is 1. The SMILES string of the molecule is CC(C)CC(C(=O)O)N(C(=O)CNC(=O)c1ccccc1)C(=O)C(N)Cc1c[nH]cn1. The van der Waals surface area contributed by atoms with E-state index in [2.05, 4.69) is 15.3 Å². The molecule has 0 aliphatic rings. The molecule has 1 heterocycles. The van der Waals surface area contributed by atoms with Crippen LogP contribution in [0.3, 0.4) is 0 Å². The second kappa shape index (κ2) is 11.0. The second-order valence-corrected chi connectivity index (χ2v) is 7.51. The molecule has 2 rings (SSSR count). The van der Waals surface area contributed by atoms with Crippen molar-refractivity contribution < 1.29 is 24.3 Å². The number of carboxylic acids is 1. The summed E-state index contributed by atoms with van der Waals surface area (Å²) >= 11 is 0. The average Bonchev–Trinajstić information content (AvgIpc) is 3.24. The molecule has 3 amide bonds. The lowest BCUT2D eigenvalue weighted by Gasteiger charge is -2.30. The molecule has 0 bridgehead atoms. The summed E-state index contributed by atoms with van der Waals surface area (Å²) in [5, 5.41) is 12.1. The van der Waals surface area contributed by atoms with Gasteiger partial charge in [0.2, 0.25) is 11.8 Å². The van der Waals surface area contributed by atoms with Crippen molar-refractivity contribution in [2.45, 2.75) is 38.8 Å². The number of carbonyl (C=O) groups excluding carboxylic acids is 3. The van der Waals surface area contributed by atoms with Crippen molar-refractivity contribution in [3.63, 3.8) is 0 Å². The van der Waals surface area contributed by atoms with Crippen LogP contribution >= 0.6 is 0 Å². The summed E-state index contributed by atoms with van der Waals surface area (Å²) in [5.74, 6) is -3.63. The number of imide groups is 1. The largest absolute Gasteiger partial charge is 0.480 e. The molecule has 0 radical (unpaired) electrons. The number of nitrogens with one attached hydrogen (secondary N) is 2. The maximum atomic E-state index is 13.0. The normalized spacial score (nSPS) is 12.8. The molecule has 1 aromatic carbocycles. The fraction of sp³-hybridized carbons (Fsp3) is 0.381. The number of rotatable bonds is 10. The molecule has 31 heavy (non-hydrogen) atoms. The Labute approximate surface area is 179 Å². The van der Waals surface area contributed by atoms with E-state index in [0.717, 1.165) is 0 Å². The number of nitrogens with zero attached hydrogens (tertiary/aromatic N) is 2. The molecule has 1 aromatic heterocycles. The summed E-state index contributed by atoms with van der Waals surface area (Å²) in [7, 11) is 0. The maximum absolute atomic E-state index is 13.0. The summed E-state index contributed by atoms with van der Waals surface area (Å²) in [6.07, 6.45) is 3.06. The van der Waals surface area contributed by atoms with Crippen LogP contribution in [0.25, 0.3) is 0 Å². The fourth-order valence-electron chi connectivity index (χ4n) is 3.04. The highest BCUT2D eigenvalue weighted by Crippen LogP contribution is 2.15. The van der Waals surface area contributed by atoms with Gasteiger partial charge in [-0.15, -0.1) is 0 Å². The van der Waals surface area contributed by atoms with Gasteiger partial charge < -0.3 is 21.1 Å². The molecule has 0 fully saturated rings. The van der Waals surface area contributed by atoms with Gasteiger partial charge in [-0.1, -0.05) is 32.0 Å². The summed E-state index contributed by atoms with van der Waals surface area (Å²) in [4.78, 5) is 57.5. The molecule has 2 atom stereocenters. The Bertz CT molecular complexity index is 898. The molecule has 166 valence electrons. The first-order valence-corrected chi connectivity index (χ1v) is 9.85. The van der Waals surface area contributed by atoms with Gasteiger partial charge in [-0.3, -0.25) is 19.3 Å². The van der Waals surface area contributed by atoms with E-state index in [1.54, 1.807) is 50.4 Å². The molecule has 0 aliphatic heterocycles. The average molecular weight is 429 g/mol. The van der Waals surface area contributed by atoms with Crippen LogP contribution in [0.4, 0.5) is 0 Å². The van der Waals surface area contributed by atoms with E-state index in [0.29, 0.717) is 16.2 Å². The number of carboxylic acid groups (broad SMARTS) is 1. The molecular formula is C21H27N5O5. The van der Waals surface area contributed by atoms with Crippen molar-refractivity contribution in [1.82, 2.24) is 20.2 Å². The zero-order valence-corrected chi connectivity index (χ0v) is 17.4. The van der Waals surface area contributed by atoms with E-state index < -0.39 is 42.3 Å².